The third kappa shape index (κ3) is 3.18. The Kier molecular flexibility index (Phi) is 4.15. The summed E-state index contributed by atoms with van der Waals surface area (Å²) >= 11 is 4.86. The van der Waals surface area contributed by atoms with Crippen LogP contribution in [0, 0.1) is 0 Å². The molecule has 0 fully saturated rings. The van der Waals surface area contributed by atoms with Crippen molar-refractivity contribution < 1.29 is 14.3 Å². The van der Waals surface area contributed by atoms with Crippen molar-refractivity contribution in [3.8, 4) is 0 Å². The van der Waals surface area contributed by atoms with Gasteiger partial charge in [0.2, 0.25) is 5.76 Å². The van der Waals surface area contributed by atoms with Crippen molar-refractivity contribution in [2.45, 2.75) is 13.1 Å². The Labute approximate surface area is 116 Å². The summed E-state index contributed by atoms with van der Waals surface area (Å²) in [6.07, 6.45) is 1.77. The smallest absolute Gasteiger partial charge is 0.371 e. The van der Waals surface area contributed by atoms with Gasteiger partial charge in [0, 0.05) is 6.54 Å². The summed E-state index contributed by atoms with van der Waals surface area (Å²) in [5, 5.41) is 8.76. The summed E-state index contributed by atoms with van der Waals surface area (Å²) < 4.78 is 10.3. The van der Waals surface area contributed by atoms with Gasteiger partial charge in [-0.05, 0) is 46.6 Å². The van der Waals surface area contributed by atoms with Crippen LogP contribution in [-0.4, -0.2) is 27.4 Å². The summed E-state index contributed by atoms with van der Waals surface area (Å²) in [5.41, 5.74) is 0. The Morgan fingerprint density at radius 2 is 2.33 bits per heavy atom. The molecule has 0 saturated carbocycles. The fraction of sp³-hybridized carbons (Fsp3) is 0.273. The first-order valence-electron chi connectivity index (χ1n) is 5.16. The van der Waals surface area contributed by atoms with Crippen LogP contribution in [0.15, 0.2) is 27.2 Å². The standard InChI is InChI=1S/C11H11BrN2O3S/c1-14(6-10-8(12)4-13-18-10)5-7-2-3-9(17-7)11(15)16/h2-4H,5-6H2,1H3,(H,15,16). The van der Waals surface area contributed by atoms with Gasteiger partial charge in [-0.2, -0.15) is 4.37 Å². The lowest BCUT2D eigenvalue weighted by molar-refractivity contribution is 0.0658. The molecule has 0 spiro atoms. The van der Waals surface area contributed by atoms with Crippen LogP contribution in [0.25, 0.3) is 0 Å². The minimum absolute atomic E-state index is 0.0302. The van der Waals surface area contributed by atoms with Gasteiger partial charge in [-0.3, -0.25) is 4.90 Å². The minimum Gasteiger partial charge on any atom is -0.475 e. The highest BCUT2D eigenvalue weighted by molar-refractivity contribution is 9.10. The van der Waals surface area contributed by atoms with Crippen LogP contribution in [0.3, 0.4) is 0 Å². The average Bonchev–Trinajstić information content (AvgIpc) is 2.89. The lowest BCUT2D eigenvalue weighted by Crippen LogP contribution is -2.16. The minimum atomic E-state index is -1.05. The zero-order chi connectivity index (χ0) is 13.1. The Bertz CT molecular complexity index is 552. The Morgan fingerprint density at radius 3 is 2.89 bits per heavy atom. The number of aromatic nitrogens is 1. The number of hydrogen-bond acceptors (Lipinski definition) is 5. The van der Waals surface area contributed by atoms with Gasteiger partial charge in [0.05, 0.1) is 22.1 Å². The van der Waals surface area contributed by atoms with Gasteiger partial charge in [0.1, 0.15) is 5.76 Å². The predicted molar refractivity (Wildman–Crippen MR) is 70.7 cm³/mol. The van der Waals surface area contributed by atoms with Crippen LogP contribution < -0.4 is 0 Å². The van der Waals surface area contributed by atoms with Crippen LogP contribution in [0.1, 0.15) is 21.2 Å². The fourth-order valence-electron chi connectivity index (χ4n) is 1.50. The lowest BCUT2D eigenvalue weighted by atomic mass is 10.4. The van der Waals surface area contributed by atoms with E-state index in [4.69, 9.17) is 9.52 Å². The van der Waals surface area contributed by atoms with Crippen LogP contribution in [-0.2, 0) is 13.1 Å². The molecule has 7 heteroatoms. The molecule has 0 unspecified atom stereocenters. The molecule has 0 aliphatic carbocycles. The maximum Gasteiger partial charge on any atom is 0.371 e. The van der Waals surface area contributed by atoms with Gasteiger partial charge < -0.3 is 9.52 Å². The molecule has 0 aliphatic rings. The average molecular weight is 331 g/mol. The van der Waals surface area contributed by atoms with Crippen LogP contribution in [0.4, 0.5) is 0 Å². The van der Waals surface area contributed by atoms with E-state index >= 15 is 0 Å². The first-order valence-corrected chi connectivity index (χ1v) is 6.72. The van der Waals surface area contributed by atoms with E-state index in [-0.39, 0.29) is 5.76 Å². The van der Waals surface area contributed by atoms with E-state index in [0.717, 1.165) is 15.9 Å². The van der Waals surface area contributed by atoms with E-state index in [1.807, 2.05) is 11.9 Å². The predicted octanol–water partition coefficient (Wildman–Crippen LogP) is 2.83. The number of carboxylic acids is 1. The van der Waals surface area contributed by atoms with Crippen molar-refractivity contribution in [2.24, 2.45) is 0 Å². The first kappa shape index (κ1) is 13.3. The molecular formula is C11H11BrN2O3S. The van der Waals surface area contributed by atoms with E-state index in [1.54, 1.807) is 12.3 Å². The normalized spacial score (nSPS) is 11.1. The molecule has 2 aromatic rings. The summed E-state index contributed by atoms with van der Waals surface area (Å²) in [5.74, 6) is -0.443. The van der Waals surface area contributed by atoms with Gasteiger partial charge in [0.25, 0.3) is 0 Å². The number of halogens is 1. The van der Waals surface area contributed by atoms with E-state index < -0.39 is 5.97 Å². The number of hydrogen-bond donors (Lipinski definition) is 1. The van der Waals surface area contributed by atoms with Gasteiger partial charge in [-0.1, -0.05) is 0 Å². The van der Waals surface area contributed by atoms with Crippen LogP contribution >= 0.6 is 27.5 Å². The molecule has 0 bridgehead atoms. The maximum absolute atomic E-state index is 10.7. The maximum atomic E-state index is 10.7. The molecule has 0 saturated heterocycles. The summed E-state index contributed by atoms with van der Waals surface area (Å²) in [4.78, 5) is 13.8. The molecule has 2 aromatic heterocycles. The van der Waals surface area contributed by atoms with Crippen molar-refractivity contribution in [1.29, 1.82) is 0 Å². The highest BCUT2D eigenvalue weighted by Crippen LogP contribution is 2.22. The van der Waals surface area contributed by atoms with E-state index in [2.05, 4.69) is 20.3 Å². The number of carboxylic acid groups (broad SMARTS) is 1. The zero-order valence-corrected chi connectivity index (χ0v) is 12.0. The van der Waals surface area contributed by atoms with Crippen molar-refractivity contribution >= 4 is 33.4 Å². The molecule has 0 aliphatic heterocycles. The molecule has 0 aromatic carbocycles. The monoisotopic (exact) mass is 330 g/mol. The Balaban J connectivity index is 1.96. The summed E-state index contributed by atoms with van der Waals surface area (Å²) in [6, 6.07) is 3.15. The first-order chi connectivity index (χ1) is 8.56. The largest absolute Gasteiger partial charge is 0.475 e. The number of furan rings is 1. The van der Waals surface area contributed by atoms with Crippen molar-refractivity contribution in [2.75, 3.05) is 7.05 Å². The molecule has 18 heavy (non-hydrogen) atoms. The third-order valence-corrected chi connectivity index (χ3v) is 4.03. The molecule has 96 valence electrons. The quantitative estimate of drug-likeness (QED) is 0.913. The molecule has 0 atom stereocenters. The second-order valence-corrected chi connectivity index (χ2v) is 5.58. The molecule has 0 amide bonds. The van der Waals surface area contributed by atoms with Gasteiger partial charge in [-0.15, -0.1) is 0 Å². The topological polar surface area (TPSA) is 66.6 Å². The molecule has 2 rings (SSSR count). The molecule has 0 radical (unpaired) electrons. The summed E-state index contributed by atoms with van der Waals surface area (Å²) in [6.45, 7) is 1.28. The number of rotatable bonds is 5. The van der Waals surface area contributed by atoms with Gasteiger partial charge in [0.15, 0.2) is 0 Å². The molecule has 2 heterocycles. The molecule has 5 nitrogen and oxygen atoms in total. The molecular weight excluding hydrogens is 320 g/mol. The third-order valence-electron chi connectivity index (χ3n) is 2.31. The second kappa shape index (κ2) is 5.64. The highest BCUT2D eigenvalue weighted by Gasteiger charge is 2.12. The van der Waals surface area contributed by atoms with Crippen molar-refractivity contribution in [3.05, 3.63) is 39.2 Å². The van der Waals surface area contributed by atoms with Crippen LogP contribution in [0.2, 0.25) is 0 Å². The van der Waals surface area contributed by atoms with Gasteiger partial charge in [-0.25, -0.2) is 4.79 Å². The molecule has 1 N–H and O–H groups in total. The van der Waals surface area contributed by atoms with Crippen LogP contribution in [0.5, 0.6) is 0 Å². The van der Waals surface area contributed by atoms with E-state index in [9.17, 15) is 4.79 Å². The highest BCUT2D eigenvalue weighted by atomic mass is 79.9. The van der Waals surface area contributed by atoms with E-state index in [1.165, 1.54) is 17.6 Å². The number of nitrogens with zero attached hydrogens (tertiary/aromatic N) is 2. The Hall–Kier alpha value is -1.18. The summed E-state index contributed by atoms with van der Waals surface area (Å²) in [7, 11) is 1.94. The van der Waals surface area contributed by atoms with Crippen molar-refractivity contribution in [3.63, 3.8) is 0 Å². The van der Waals surface area contributed by atoms with Crippen molar-refractivity contribution in [1.82, 2.24) is 9.27 Å². The zero-order valence-electron chi connectivity index (χ0n) is 9.59. The van der Waals surface area contributed by atoms with Gasteiger partial charge >= 0.3 is 5.97 Å². The fourth-order valence-corrected chi connectivity index (χ4v) is 2.79. The lowest BCUT2D eigenvalue weighted by Gasteiger charge is -2.13. The SMILES string of the molecule is CN(Cc1ccc(C(=O)O)o1)Cc1sncc1Br. The number of carbonyl (C=O) groups is 1. The second-order valence-electron chi connectivity index (χ2n) is 3.84. The number of aromatic carboxylic acids is 1. The Morgan fingerprint density at radius 1 is 1.56 bits per heavy atom. The van der Waals surface area contributed by atoms with E-state index in [0.29, 0.717) is 12.3 Å².